The Hall–Kier alpha value is -3.60. The lowest BCUT2D eigenvalue weighted by Gasteiger charge is -2.25. The number of fused-ring (bicyclic) bond motifs is 1. The van der Waals surface area contributed by atoms with Crippen molar-refractivity contribution in [2.75, 3.05) is 4.90 Å². The van der Waals surface area contributed by atoms with Crippen molar-refractivity contribution in [3.8, 4) is 5.75 Å². The monoisotopic (exact) mass is 415 g/mol. The van der Waals surface area contributed by atoms with E-state index in [1.807, 2.05) is 86.6 Å². The maximum atomic E-state index is 13.3. The number of rotatable bonds is 6. The molecule has 0 spiro atoms. The van der Waals surface area contributed by atoms with Gasteiger partial charge in [-0.2, -0.15) is 0 Å². The van der Waals surface area contributed by atoms with Gasteiger partial charge in [0.05, 0.1) is 6.42 Å². The van der Waals surface area contributed by atoms with Crippen molar-refractivity contribution >= 4 is 17.6 Å². The summed E-state index contributed by atoms with van der Waals surface area (Å²) in [6.45, 7) is 4.30. The number of hydrogen-bond donors (Lipinski definition) is 1. The first-order valence-electron chi connectivity index (χ1n) is 10.4. The van der Waals surface area contributed by atoms with Gasteiger partial charge in [-0.15, -0.1) is 0 Å². The molecule has 1 aliphatic rings. The Morgan fingerprint density at radius 3 is 2.39 bits per heavy atom. The number of amides is 1. The molecule has 158 valence electrons. The van der Waals surface area contributed by atoms with Crippen LogP contribution < -0.4 is 9.64 Å². The van der Waals surface area contributed by atoms with Crippen molar-refractivity contribution in [3.05, 3.63) is 95.1 Å². The summed E-state index contributed by atoms with van der Waals surface area (Å²) in [5, 5.41) is 9.48. The molecular weight excluding hydrogens is 390 g/mol. The molecule has 0 fully saturated rings. The van der Waals surface area contributed by atoms with Gasteiger partial charge in [-0.1, -0.05) is 48.0 Å². The van der Waals surface area contributed by atoms with Gasteiger partial charge in [-0.25, -0.2) is 0 Å². The van der Waals surface area contributed by atoms with Crippen LogP contribution in [0.5, 0.6) is 5.75 Å². The fourth-order valence-electron chi connectivity index (χ4n) is 4.14. The maximum Gasteiger partial charge on any atom is 0.304 e. The molecule has 4 rings (SSSR count). The summed E-state index contributed by atoms with van der Waals surface area (Å²) in [6.07, 6.45) is -0.0476. The molecule has 0 saturated heterocycles. The number of carboxylic acids is 1. The van der Waals surface area contributed by atoms with Gasteiger partial charge in [0.2, 0.25) is 0 Å². The smallest absolute Gasteiger partial charge is 0.304 e. The second kappa shape index (κ2) is 8.64. The molecule has 31 heavy (non-hydrogen) atoms. The van der Waals surface area contributed by atoms with Gasteiger partial charge in [0, 0.05) is 23.2 Å². The number of hydrogen-bond acceptors (Lipinski definition) is 3. The zero-order valence-corrected chi connectivity index (χ0v) is 17.6. The fourth-order valence-corrected chi connectivity index (χ4v) is 4.14. The summed E-state index contributed by atoms with van der Waals surface area (Å²) in [7, 11) is 0. The summed E-state index contributed by atoms with van der Waals surface area (Å²) < 4.78 is 5.95. The van der Waals surface area contributed by atoms with Crippen LogP contribution in [0.25, 0.3) is 0 Å². The number of carbonyl (C=O) groups is 2. The molecule has 1 amide bonds. The number of ether oxygens (including phenoxy) is 1. The van der Waals surface area contributed by atoms with E-state index in [4.69, 9.17) is 4.74 Å². The first-order chi connectivity index (χ1) is 14.9. The molecule has 0 aliphatic carbocycles. The lowest BCUT2D eigenvalue weighted by molar-refractivity contribution is -0.137. The second-order valence-corrected chi connectivity index (χ2v) is 7.98. The van der Waals surface area contributed by atoms with E-state index >= 15 is 0 Å². The molecule has 1 N–H and O–H groups in total. The Balaban J connectivity index is 1.65. The number of anilines is 1. The van der Waals surface area contributed by atoms with E-state index in [2.05, 4.69) is 0 Å². The van der Waals surface area contributed by atoms with Crippen LogP contribution in [0.4, 0.5) is 5.69 Å². The standard InChI is InChI=1S/C26H25NO4/c1-17-8-10-20(11-9-17)26(30)27-18(2)22(15-25(28)29)23-14-21(12-13-24(23)27)31-16-19-6-4-3-5-7-19/h3-14,18,22H,15-16H2,1-2H3,(H,28,29). The summed E-state index contributed by atoms with van der Waals surface area (Å²) in [5.41, 5.74) is 4.30. The van der Waals surface area contributed by atoms with E-state index in [1.54, 1.807) is 4.90 Å². The van der Waals surface area contributed by atoms with Crippen LogP contribution in [-0.2, 0) is 11.4 Å². The van der Waals surface area contributed by atoms with Crippen LogP contribution >= 0.6 is 0 Å². The van der Waals surface area contributed by atoms with Gasteiger partial charge in [-0.05, 0) is 55.3 Å². The Kier molecular flexibility index (Phi) is 5.76. The molecular formula is C26H25NO4. The van der Waals surface area contributed by atoms with Crippen molar-refractivity contribution in [1.29, 1.82) is 0 Å². The number of aryl methyl sites for hydroxylation is 1. The molecule has 1 heterocycles. The zero-order chi connectivity index (χ0) is 22.0. The number of aliphatic carboxylic acids is 1. The van der Waals surface area contributed by atoms with Gasteiger partial charge in [0.1, 0.15) is 12.4 Å². The summed E-state index contributed by atoms with van der Waals surface area (Å²) in [4.78, 5) is 26.6. The third kappa shape index (κ3) is 4.31. The predicted octanol–water partition coefficient (Wildman–Crippen LogP) is 5.18. The Morgan fingerprint density at radius 1 is 1.00 bits per heavy atom. The molecule has 3 aromatic rings. The third-order valence-electron chi connectivity index (χ3n) is 5.81. The van der Waals surface area contributed by atoms with E-state index in [1.165, 1.54) is 0 Å². The summed E-state index contributed by atoms with van der Waals surface area (Å²) in [6, 6.07) is 22.6. The number of carbonyl (C=O) groups excluding carboxylic acids is 1. The van der Waals surface area contributed by atoms with Crippen LogP contribution in [0.1, 0.15) is 46.3 Å². The van der Waals surface area contributed by atoms with Crippen molar-refractivity contribution < 1.29 is 19.4 Å². The highest BCUT2D eigenvalue weighted by molar-refractivity contribution is 6.08. The van der Waals surface area contributed by atoms with Crippen LogP contribution in [0, 0.1) is 6.92 Å². The van der Waals surface area contributed by atoms with Crippen LogP contribution in [0.2, 0.25) is 0 Å². The topological polar surface area (TPSA) is 66.8 Å². The van der Waals surface area contributed by atoms with Gasteiger partial charge in [-0.3, -0.25) is 9.59 Å². The lowest BCUT2D eigenvalue weighted by atomic mass is 9.92. The Bertz CT molecular complexity index is 1090. The van der Waals surface area contributed by atoms with Crippen molar-refractivity contribution in [1.82, 2.24) is 0 Å². The quantitative estimate of drug-likeness (QED) is 0.602. The maximum absolute atomic E-state index is 13.3. The van der Waals surface area contributed by atoms with Crippen LogP contribution in [0.15, 0.2) is 72.8 Å². The van der Waals surface area contributed by atoms with Crippen molar-refractivity contribution in [2.45, 2.75) is 38.8 Å². The number of carboxylic acid groups (broad SMARTS) is 1. The fraction of sp³-hybridized carbons (Fsp3) is 0.231. The van der Waals surface area contributed by atoms with Gasteiger partial charge >= 0.3 is 5.97 Å². The molecule has 2 atom stereocenters. The third-order valence-corrected chi connectivity index (χ3v) is 5.81. The van der Waals surface area contributed by atoms with Crippen molar-refractivity contribution in [2.24, 2.45) is 0 Å². The van der Waals surface area contributed by atoms with Crippen LogP contribution in [0.3, 0.4) is 0 Å². The molecule has 0 aromatic heterocycles. The molecule has 0 saturated carbocycles. The lowest BCUT2D eigenvalue weighted by Crippen LogP contribution is -2.37. The van der Waals surface area contributed by atoms with E-state index in [0.29, 0.717) is 17.9 Å². The summed E-state index contributed by atoms with van der Waals surface area (Å²) >= 11 is 0. The van der Waals surface area contributed by atoms with E-state index in [0.717, 1.165) is 22.4 Å². The minimum absolute atomic E-state index is 0.0476. The first-order valence-corrected chi connectivity index (χ1v) is 10.4. The summed E-state index contributed by atoms with van der Waals surface area (Å²) in [5.74, 6) is -0.653. The molecule has 5 nitrogen and oxygen atoms in total. The average molecular weight is 415 g/mol. The number of benzene rings is 3. The van der Waals surface area contributed by atoms with Crippen molar-refractivity contribution in [3.63, 3.8) is 0 Å². The van der Waals surface area contributed by atoms with Gasteiger partial charge in [0.25, 0.3) is 5.91 Å². The SMILES string of the molecule is Cc1ccc(C(=O)N2c3ccc(OCc4ccccc4)cc3C(CC(=O)O)C2C)cc1. The minimum Gasteiger partial charge on any atom is -0.489 e. The second-order valence-electron chi connectivity index (χ2n) is 7.98. The minimum atomic E-state index is -0.886. The predicted molar refractivity (Wildman–Crippen MR) is 120 cm³/mol. The highest BCUT2D eigenvalue weighted by Crippen LogP contribution is 2.45. The van der Waals surface area contributed by atoms with Crippen LogP contribution in [-0.4, -0.2) is 23.0 Å². The molecule has 0 bridgehead atoms. The molecule has 0 radical (unpaired) electrons. The van der Waals surface area contributed by atoms with Gasteiger partial charge < -0.3 is 14.7 Å². The van der Waals surface area contributed by atoms with E-state index in [9.17, 15) is 14.7 Å². The molecule has 2 unspecified atom stereocenters. The average Bonchev–Trinajstić information content (AvgIpc) is 3.03. The molecule has 5 heteroatoms. The Morgan fingerprint density at radius 2 is 1.71 bits per heavy atom. The molecule has 1 aliphatic heterocycles. The Labute approximate surface area is 181 Å². The molecule has 3 aromatic carbocycles. The number of nitrogens with zero attached hydrogens (tertiary/aromatic N) is 1. The van der Waals surface area contributed by atoms with E-state index in [-0.39, 0.29) is 24.3 Å². The van der Waals surface area contributed by atoms with Gasteiger partial charge in [0.15, 0.2) is 0 Å². The first kappa shape index (κ1) is 20.7. The zero-order valence-electron chi connectivity index (χ0n) is 17.6. The highest BCUT2D eigenvalue weighted by atomic mass is 16.5. The van der Waals surface area contributed by atoms with E-state index < -0.39 is 5.97 Å². The largest absolute Gasteiger partial charge is 0.489 e. The highest BCUT2D eigenvalue weighted by Gasteiger charge is 2.40. The normalized spacial score (nSPS) is 17.3.